The highest BCUT2D eigenvalue weighted by Gasteiger charge is 2.12. The zero-order valence-corrected chi connectivity index (χ0v) is 19.1. The summed E-state index contributed by atoms with van der Waals surface area (Å²) in [6, 6.07) is 20.4. The smallest absolute Gasteiger partial charge is 0.228 e. The van der Waals surface area contributed by atoms with Crippen LogP contribution in [0.15, 0.2) is 66.7 Å². The molecule has 1 amide bonds. The van der Waals surface area contributed by atoms with Crippen molar-refractivity contribution in [3.63, 3.8) is 0 Å². The van der Waals surface area contributed by atoms with Gasteiger partial charge in [0.25, 0.3) is 0 Å². The van der Waals surface area contributed by atoms with Gasteiger partial charge in [-0.1, -0.05) is 67.4 Å². The lowest BCUT2D eigenvalue weighted by molar-refractivity contribution is -0.115. The zero-order valence-electron chi connectivity index (χ0n) is 17.6. The van der Waals surface area contributed by atoms with Crippen LogP contribution in [0.2, 0.25) is 10.0 Å². The van der Waals surface area contributed by atoms with Gasteiger partial charge in [0.1, 0.15) is 5.75 Å². The van der Waals surface area contributed by atoms with E-state index >= 15 is 0 Å². The van der Waals surface area contributed by atoms with E-state index in [0.29, 0.717) is 33.9 Å². The Morgan fingerprint density at radius 2 is 1.68 bits per heavy atom. The number of halogens is 2. The van der Waals surface area contributed by atoms with E-state index in [1.807, 2.05) is 48.5 Å². The Kier molecular flexibility index (Phi) is 8.21. The summed E-state index contributed by atoms with van der Waals surface area (Å²) in [5.41, 5.74) is 2.93. The third-order valence-corrected chi connectivity index (χ3v) is 5.30. The van der Waals surface area contributed by atoms with E-state index in [4.69, 9.17) is 27.9 Å². The molecule has 6 heteroatoms. The quantitative estimate of drug-likeness (QED) is 0.353. The van der Waals surface area contributed by atoms with Crippen LogP contribution in [0.25, 0.3) is 0 Å². The molecule has 0 saturated carbocycles. The molecule has 0 aromatic heterocycles. The number of benzene rings is 3. The van der Waals surface area contributed by atoms with Crippen molar-refractivity contribution in [3.8, 4) is 5.75 Å². The fourth-order valence-corrected chi connectivity index (χ4v) is 3.49. The van der Waals surface area contributed by atoms with E-state index in [-0.39, 0.29) is 12.3 Å². The summed E-state index contributed by atoms with van der Waals surface area (Å²) >= 11 is 12.5. The second-order valence-corrected chi connectivity index (χ2v) is 8.48. The number of hydrogen-bond acceptors (Lipinski definition) is 3. The predicted molar refractivity (Wildman–Crippen MR) is 130 cm³/mol. The standard InChI is InChI=1S/C25H26Cl2N2O2/c1-17(2)13-14-31-20-9-5-8-19(16-20)28-24(30)15-18-7-3-4-12-23(18)29-25-21(26)10-6-11-22(25)27/h3-12,16-17,29H,13-15H2,1-2H3,(H,28,30). The van der Waals surface area contributed by atoms with Crippen molar-refractivity contribution in [2.24, 2.45) is 5.92 Å². The van der Waals surface area contributed by atoms with E-state index in [2.05, 4.69) is 24.5 Å². The van der Waals surface area contributed by atoms with Crippen LogP contribution in [0.3, 0.4) is 0 Å². The maximum absolute atomic E-state index is 12.7. The summed E-state index contributed by atoms with van der Waals surface area (Å²) in [6.45, 7) is 4.97. The molecular formula is C25H26Cl2N2O2. The van der Waals surface area contributed by atoms with Crippen LogP contribution in [0.4, 0.5) is 17.1 Å². The summed E-state index contributed by atoms with van der Waals surface area (Å²) in [4.78, 5) is 12.7. The first kappa shape index (κ1) is 23.0. The molecular weight excluding hydrogens is 431 g/mol. The highest BCUT2D eigenvalue weighted by molar-refractivity contribution is 6.39. The van der Waals surface area contributed by atoms with Crippen LogP contribution in [-0.4, -0.2) is 12.5 Å². The van der Waals surface area contributed by atoms with Gasteiger partial charge in [0.15, 0.2) is 0 Å². The van der Waals surface area contributed by atoms with Gasteiger partial charge in [-0.25, -0.2) is 0 Å². The van der Waals surface area contributed by atoms with Crippen molar-refractivity contribution >= 4 is 46.2 Å². The molecule has 0 fully saturated rings. The summed E-state index contributed by atoms with van der Waals surface area (Å²) < 4.78 is 5.78. The molecule has 31 heavy (non-hydrogen) atoms. The largest absolute Gasteiger partial charge is 0.494 e. The van der Waals surface area contributed by atoms with Gasteiger partial charge in [-0.15, -0.1) is 0 Å². The van der Waals surface area contributed by atoms with Gasteiger partial charge in [0.05, 0.1) is 28.8 Å². The molecule has 0 aliphatic carbocycles. The third kappa shape index (κ3) is 6.91. The molecule has 3 aromatic rings. The Morgan fingerprint density at radius 1 is 0.968 bits per heavy atom. The molecule has 0 unspecified atom stereocenters. The molecule has 0 bridgehead atoms. The minimum atomic E-state index is -0.126. The summed E-state index contributed by atoms with van der Waals surface area (Å²) in [5, 5.41) is 7.23. The number of rotatable bonds is 9. The normalized spacial score (nSPS) is 10.7. The fourth-order valence-electron chi connectivity index (χ4n) is 3.00. The molecule has 4 nitrogen and oxygen atoms in total. The monoisotopic (exact) mass is 456 g/mol. The number of anilines is 3. The molecule has 0 heterocycles. The first-order chi connectivity index (χ1) is 14.9. The lowest BCUT2D eigenvalue weighted by Crippen LogP contribution is -2.15. The molecule has 3 aromatic carbocycles. The topological polar surface area (TPSA) is 50.4 Å². The van der Waals surface area contributed by atoms with Crippen LogP contribution >= 0.6 is 23.2 Å². The van der Waals surface area contributed by atoms with Gasteiger partial charge in [0.2, 0.25) is 5.91 Å². The van der Waals surface area contributed by atoms with Gasteiger partial charge >= 0.3 is 0 Å². The number of hydrogen-bond donors (Lipinski definition) is 2. The van der Waals surface area contributed by atoms with E-state index < -0.39 is 0 Å². The predicted octanol–water partition coefficient (Wildman–Crippen LogP) is 7.34. The van der Waals surface area contributed by atoms with Crippen molar-refractivity contribution in [2.45, 2.75) is 26.7 Å². The van der Waals surface area contributed by atoms with E-state index in [0.717, 1.165) is 23.4 Å². The SMILES string of the molecule is CC(C)CCOc1cccc(NC(=O)Cc2ccccc2Nc2c(Cl)cccc2Cl)c1. The van der Waals surface area contributed by atoms with E-state index in [1.54, 1.807) is 18.2 Å². The lowest BCUT2D eigenvalue weighted by Gasteiger charge is -2.15. The maximum atomic E-state index is 12.7. The number of para-hydroxylation sites is 2. The first-order valence-corrected chi connectivity index (χ1v) is 11.0. The van der Waals surface area contributed by atoms with Crippen LogP contribution in [0.1, 0.15) is 25.8 Å². The number of carbonyl (C=O) groups excluding carboxylic acids is 1. The summed E-state index contributed by atoms with van der Waals surface area (Å²) in [7, 11) is 0. The molecule has 0 aliphatic rings. The van der Waals surface area contributed by atoms with Crippen LogP contribution < -0.4 is 15.4 Å². The molecule has 162 valence electrons. The number of amides is 1. The minimum Gasteiger partial charge on any atom is -0.494 e. The number of ether oxygens (including phenoxy) is 1. The molecule has 0 saturated heterocycles. The minimum absolute atomic E-state index is 0.126. The third-order valence-electron chi connectivity index (χ3n) is 4.67. The number of carbonyl (C=O) groups is 1. The summed E-state index contributed by atoms with van der Waals surface area (Å²) in [5.74, 6) is 1.20. The van der Waals surface area contributed by atoms with Crippen LogP contribution in [0.5, 0.6) is 5.75 Å². The van der Waals surface area contributed by atoms with Gasteiger partial charge in [-0.2, -0.15) is 0 Å². The first-order valence-electron chi connectivity index (χ1n) is 10.2. The van der Waals surface area contributed by atoms with Gasteiger partial charge in [-0.3, -0.25) is 4.79 Å². The Morgan fingerprint density at radius 3 is 2.42 bits per heavy atom. The molecule has 0 aliphatic heterocycles. The van der Waals surface area contributed by atoms with E-state index in [1.165, 1.54) is 0 Å². The molecule has 3 rings (SSSR count). The van der Waals surface area contributed by atoms with Crippen molar-refractivity contribution < 1.29 is 9.53 Å². The van der Waals surface area contributed by atoms with Gasteiger partial charge in [-0.05, 0) is 48.2 Å². The van der Waals surface area contributed by atoms with Crippen molar-refractivity contribution in [1.82, 2.24) is 0 Å². The molecule has 2 N–H and O–H groups in total. The highest BCUT2D eigenvalue weighted by Crippen LogP contribution is 2.33. The Balaban J connectivity index is 1.66. The highest BCUT2D eigenvalue weighted by atomic mass is 35.5. The fraction of sp³-hybridized carbons (Fsp3) is 0.240. The van der Waals surface area contributed by atoms with Crippen LogP contribution in [0, 0.1) is 5.92 Å². The van der Waals surface area contributed by atoms with E-state index in [9.17, 15) is 4.79 Å². The molecule has 0 radical (unpaired) electrons. The maximum Gasteiger partial charge on any atom is 0.228 e. The van der Waals surface area contributed by atoms with Gasteiger partial charge < -0.3 is 15.4 Å². The lowest BCUT2D eigenvalue weighted by atomic mass is 10.1. The molecule has 0 atom stereocenters. The second kappa shape index (κ2) is 11.1. The van der Waals surface area contributed by atoms with Gasteiger partial charge in [0, 0.05) is 17.4 Å². The van der Waals surface area contributed by atoms with Crippen molar-refractivity contribution in [1.29, 1.82) is 0 Å². The second-order valence-electron chi connectivity index (χ2n) is 7.66. The Labute approximate surface area is 193 Å². The van der Waals surface area contributed by atoms with Crippen molar-refractivity contribution in [2.75, 3.05) is 17.2 Å². The zero-order chi connectivity index (χ0) is 22.2. The average molecular weight is 457 g/mol. The summed E-state index contributed by atoms with van der Waals surface area (Å²) in [6.07, 6.45) is 1.18. The van der Waals surface area contributed by atoms with Crippen LogP contribution in [-0.2, 0) is 11.2 Å². The van der Waals surface area contributed by atoms with Crippen molar-refractivity contribution in [3.05, 3.63) is 82.3 Å². The Bertz CT molecular complexity index is 1020. The number of nitrogens with one attached hydrogen (secondary N) is 2. The Hall–Kier alpha value is -2.69. The average Bonchev–Trinajstić information content (AvgIpc) is 2.72. The molecule has 0 spiro atoms.